The smallest absolute Gasteiger partial charge is 0.219 e. The van der Waals surface area contributed by atoms with Crippen molar-refractivity contribution in [3.8, 4) is 0 Å². The van der Waals surface area contributed by atoms with Gasteiger partial charge in [-0.15, -0.1) is 0 Å². The fourth-order valence-corrected chi connectivity index (χ4v) is 10.3. The first-order valence-electron chi connectivity index (χ1n) is 12.7. The fraction of sp³-hybridized carbons (Fsp3) is 0.889. The molecule has 9 atom stereocenters. The average Bonchev–Trinajstić information content (AvgIpc) is 3.29. The fourth-order valence-electron chi connectivity index (χ4n) is 10.3. The minimum absolute atomic E-state index is 0.188. The van der Waals surface area contributed by atoms with Gasteiger partial charge in [-0.3, -0.25) is 4.79 Å². The van der Waals surface area contributed by atoms with E-state index in [4.69, 9.17) is 0 Å². The van der Waals surface area contributed by atoms with Crippen molar-refractivity contribution in [1.82, 2.24) is 10.2 Å². The Hall–Kier alpha value is -0.830. The third-order valence-electron chi connectivity index (χ3n) is 12.3. The van der Waals surface area contributed by atoms with Gasteiger partial charge in [-0.05, 0) is 111 Å². The molecule has 0 unspecified atom stereocenters. The van der Waals surface area contributed by atoms with Crippen LogP contribution in [0, 0.1) is 39.4 Å². The predicted molar refractivity (Wildman–Crippen MR) is 123 cm³/mol. The van der Waals surface area contributed by atoms with Crippen LogP contribution in [0.2, 0.25) is 0 Å². The van der Waals surface area contributed by atoms with E-state index in [-0.39, 0.29) is 11.9 Å². The van der Waals surface area contributed by atoms with Gasteiger partial charge in [-0.2, -0.15) is 0 Å². The molecule has 30 heavy (non-hydrogen) atoms. The van der Waals surface area contributed by atoms with Gasteiger partial charge in [0, 0.05) is 20.0 Å². The van der Waals surface area contributed by atoms with Gasteiger partial charge in [0.1, 0.15) is 0 Å². The van der Waals surface area contributed by atoms with Gasteiger partial charge in [0.05, 0.1) is 6.04 Å². The van der Waals surface area contributed by atoms with E-state index in [9.17, 15) is 4.79 Å². The highest BCUT2D eigenvalue weighted by Crippen LogP contribution is 2.88. The summed E-state index contributed by atoms with van der Waals surface area (Å²) in [6.07, 6.45) is 12.3. The lowest BCUT2D eigenvalue weighted by molar-refractivity contribution is -0.132. The number of carbonyl (C=O) groups excluding carboxylic acids is 1. The Morgan fingerprint density at radius 1 is 1.07 bits per heavy atom. The summed E-state index contributed by atoms with van der Waals surface area (Å²) in [5.41, 5.74) is 3.44. The van der Waals surface area contributed by atoms with Crippen molar-refractivity contribution in [2.45, 2.75) is 97.6 Å². The highest BCUT2D eigenvalue weighted by molar-refractivity contribution is 5.73. The largest absolute Gasteiger partial charge is 0.339 e. The second-order valence-electron chi connectivity index (χ2n) is 12.5. The van der Waals surface area contributed by atoms with Gasteiger partial charge in [0.25, 0.3) is 0 Å². The minimum Gasteiger partial charge on any atom is -0.339 e. The molecule has 5 aliphatic carbocycles. The Labute approximate surface area is 184 Å². The predicted octanol–water partition coefficient (Wildman–Crippen LogP) is 5.41. The molecule has 1 amide bonds. The second-order valence-corrected chi connectivity index (χ2v) is 12.5. The van der Waals surface area contributed by atoms with Crippen LogP contribution in [0.25, 0.3) is 0 Å². The topological polar surface area (TPSA) is 32.3 Å². The summed E-state index contributed by atoms with van der Waals surface area (Å²) in [7, 11) is 4.14. The molecule has 3 nitrogen and oxygen atoms in total. The summed E-state index contributed by atoms with van der Waals surface area (Å²) in [6.45, 7) is 14.1. The Morgan fingerprint density at radius 2 is 1.80 bits per heavy atom. The van der Waals surface area contributed by atoms with E-state index in [0.717, 1.165) is 18.3 Å². The van der Waals surface area contributed by atoms with E-state index in [1.807, 2.05) is 11.9 Å². The SMILES string of the molecule is C=C1[C@@H](N(C)C(C)=O)CC[C@]23C[C@]24CC[C@]2(C)[C@@H]([C@H](C)NC)CC[C@@]2(C)[C@@H]4CC[C@@H]13. The van der Waals surface area contributed by atoms with E-state index in [1.54, 1.807) is 6.92 Å². The maximum absolute atomic E-state index is 12.1. The number of hydrogen-bond donors (Lipinski definition) is 1. The molecule has 0 radical (unpaired) electrons. The van der Waals surface area contributed by atoms with Crippen LogP contribution in [0.1, 0.15) is 85.5 Å². The lowest BCUT2D eigenvalue weighted by atomic mass is 9.43. The third kappa shape index (κ3) is 2.24. The van der Waals surface area contributed by atoms with Crippen molar-refractivity contribution in [2.75, 3.05) is 14.1 Å². The molecular weight excluding hydrogens is 368 g/mol. The second kappa shape index (κ2) is 6.36. The van der Waals surface area contributed by atoms with Crippen molar-refractivity contribution >= 4 is 5.91 Å². The molecule has 0 bridgehead atoms. The zero-order chi connectivity index (χ0) is 21.7. The Balaban J connectivity index is 1.45. The van der Waals surface area contributed by atoms with Crippen LogP contribution >= 0.6 is 0 Å². The molecular formula is C27H44N2O. The monoisotopic (exact) mass is 412 g/mol. The molecule has 5 fully saturated rings. The molecule has 0 heterocycles. The van der Waals surface area contributed by atoms with Crippen molar-refractivity contribution in [3.63, 3.8) is 0 Å². The molecule has 5 rings (SSSR count). The van der Waals surface area contributed by atoms with Crippen molar-refractivity contribution in [3.05, 3.63) is 12.2 Å². The van der Waals surface area contributed by atoms with Gasteiger partial charge in [0.2, 0.25) is 5.91 Å². The maximum atomic E-state index is 12.1. The van der Waals surface area contributed by atoms with E-state index in [0.29, 0.717) is 33.6 Å². The van der Waals surface area contributed by atoms with Crippen molar-refractivity contribution in [2.24, 2.45) is 39.4 Å². The summed E-state index contributed by atoms with van der Waals surface area (Å²) < 4.78 is 0. The van der Waals surface area contributed by atoms with E-state index < -0.39 is 0 Å². The van der Waals surface area contributed by atoms with E-state index in [1.165, 1.54) is 56.9 Å². The summed E-state index contributed by atoms with van der Waals surface area (Å²) in [5, 5.41) is 3.60. The van der Waals surface area contributed by atoms with Gasteiger partial charge in [0.15, 0.2) is 0 Å². The number of nitrogens with zero attached hydrogens (tertiary/aromatic N) is 1. The molecule has 3 heteroatoms. The molecule has 0 aromatic carbocycles. The van der Waals surface area contributed by atoms with Crippen LogP contribution in [-0.4, -0.2) is 37.0 Å². The highest BCUT2D eigenvalue weighted by Gasteiger charge is 2.81. The quantitative estimate of drug-likeness (QED) is 0.629. The number of rotatable bonds is 3. The Morgan fingerprint density at radius 3 is 2.47 bits per heavy atom. The van der Waals surface area contributed by atoms with Gasteiger partial charge in [-0.25, -0.2) is 0 Å². The lowest BCUT2D eigenvalue weighted by Crippen LogP contribution is -2.56. The van der Waals surface area contributed by atoms with Crippen LogP contribution < -0.4 is 5.32 Å². The van der Waals surface area contributed by atoms with Crippen LogP contribution in [0.3, 0.4) is 0 Å². The number of amides is 1. The first kappa shape index (κ1) is 21.0. The van der Waals surface area contributed by atoms with Gasteiger partial charge in [-0.1, -0.05) is 26.0 Å². The van der Waals surface area contributed by atoms with Crippen LogP contribution in [-0.2, 0) is 4.79 Å². The minimum atomic E-state index is 0.188. The van der Waals surface area contributed by atoms with E-state index in [2.05, 4.69) is 39.7 Å². The number of hydrogen-bond acceptors (Lipinski definition) is 2. The Bertz CT molecular complexity index is 777. The molecule has 2 spiro atoms. The molecule has 5 aliphatic rings. The average molecular weight is 413 g/mol. The van der Waals surface area contributed by atoms with Crippen molar-refractivity contribution in [1.29, 1.82) is 0 Å². The molecule has 0 aromatic heterocycles. The van der Waals surface area contributed by atoms with Gasteiger partial charge >= 0.3 is 0 Å². The van der Waals surface area contributed by atoms with Crippen LogP contribution in [0.4, 0.5) is 0 Å². The molecule has 1 N–H and O–H groups in total. The lowest BCUT2D eigenvalue weighted by Gasteiger charge is -2.62. The zero-order valence-electron chi connectivity index (χ0n) is 20.3. The standard InChI is InChI=1S/C27H44N2O/c1-17-20-8-9-23-25(5)12-10-21(18(2)28-6)24(25,4)14-15-27(23)16-26(20,27)13-11-22(17)29(7)19(3)30/h18,20-23,28H,1,8-16H2,2-7H3/t18-,20-,21+,22-,23-,24+,25-,26+,27-/m0/s1. The third-order valence-corrected chi connectivity index (χ3v) is 12.3. The number of fused-ring (bicyclic) bond motifs is 2. The summed E-state index contributed by atoms with van der Waals surface area (Å²) in [6, 6.07) is 0.886. The van der Waals surface area contributed by atoms with Crippen LogP contribution in [0.5, 0.6) is 0 Å². The first-order chi connectivity index (χ1) is 14.1. The number of likely N-dealkylation sites (N-methyl/N-ethyl adjacent to an activating group) is 1. The number of nitrogens with one attached hydrogen (secondary N) is 1. The molecule has 0 saturated heterocycles. The molecule has 5 saturated carbocycles. The van der Waals surface area contributed by atoms with Crippen LogP contribution in [0.15, 0.2) is 12.2 Å². The zero-order valence-corrected chi connectivity index (χ0v) is 20.3. The maximum Gasteiger partial charge on any atom is 0.219 e. The molecule has 0 aliphatic heterocycles. The first-order valence-corrected chi connectivity index (χ1v) is 12.7. The van der Waals surface area contributed by atoms with Crippen molar-refractivity contribution < 1.29 is 4.79 Å². The van der Waals surface area contributed by atoms with Gasteiger partial charge < -0.3 is 10.2 Å². The Kier molecular flexibility index (Phi) is 4.46. The number of carbonyl (C=O) groups is 1. The molecule has 168 valence electrons. The molecule has 0 aromatic rings. The highest BCUT2D eigenvalue weighted by atomic mass is 16.2. The summed E-state index contributed by atoms with van der Waals surface area (Å²) in [5.74, 6) is 2.54. The normalized spacial score (nSPS) is 52.5. The summed E-state index contributed by atoms with van der Waals surface area (Å²) in [4.78, 5) is 14.0. The summed E-state index contributed by atoms with van der Waals surface area (Å²) >= 11 is 0. The van der Waals surface area contributed by atoms with E-state index >= 15 is 0 Å².